The van der Waals surface area contributed by atoms with E-state index in [1.165, 1.54) is 4.90 Å². The van der Waals surface area contributed by atoms with Crippen LogP contribution >= 0.6 is 15.9 Å². The van der Waals surface area contributed by atoms with E-state index in [4.69, 9.17) is 4.42 Å². The van der Waals surface area contributed by atoms with Crippen LogP contribution in [0.5, 0.6) is 0 Å². The standard InChI is InChI=1S/C27H20BrNO4/c1-15-7-10-19(11-8-15)29-24(20-6-4-3-5-16(20)2)23(26(31)27(29)32)25(30)22-14-17-13-18(28)9-12-21(17)33-22/h3-14,24,31H,1-2H3. The molecule has 4 aromatic rings. The Hall–Kier alpha value is -3.64. The second-order valence-corrected chi connectivity index (χ2v) is 9.07. The van der Waals surface area contributed by atoms with E-state index in [1.54, 1.807) is 12.1 Å². The van der Waals surface area contributed by atoms with Crippen molar-refractivity contribution in [1.29, 1.82) is 0 Å². The van der Waals surface area contributed by atoms with E-state index in [0.717, 1.165) is 26.5 Å². The molecule has 1 N–H and O–H groups in total. The topological polar surface area (TPSA) is 70.8 Å². The first-order chi connectivity index (χ1) is 15.8. The van der Waals surface area contributed by atoms with E-state index >= 15 is 0 Å². The molecule has 1 aliphatic heterocycles. The van der Waals surface area contributed by atoms with E-state index in [-0.39, 0.29) is 11.3 Å². The molecule has 1 aromatic heterocycles. The first kappa shape index (κ1) is 21.2. The zero-order valence-electron chi connectivity index (χ0n) is 18.0. The molecule has 0 aliphatic carbocycles. The summed E-state index contributed by atoms with van der Waals surface area (Å²) in [5.41, 5.74) is 3.86. The maximum Gasteiger partial charge on any atom is 0.294 e. The van der Waals surface area contributed by atoms with Gasteiger partial charge in [-0.15, -0.1) is 0 Å². The molecule has 0 saturated carbocycles. The lowest BCUT2D eigenvalue weighted by atomic mass is 9.92. The predicted octanol–water partition coefficient (Wildman–Crippen LogP) is 6.60. The lowest BCUT2D eigenvalue weighted by Gasteiger charge is -2.28. The maximum atomic E-state index is 13.7. The highest BCUT2D eigenvalue weighted by Crippen LogP contribution is 2.43. The van der Waals surface area contributed by atoms with Crippen LogP contribution in [-0.2, 0) is 4.79 Å². The van der Waals surface area contributed by atoms with E-state index in [9.17, 15) is 14.7 Å². The molecule has 0 radical (unpaired) electrons. The number of ketones is 1. The molecule has 164 valence electrons. The van der Waals surface area contributed by atoms with Crippen LogP contribution in [-0.4, -0.2) is 16.8 Å². The average molecular weight is 502 g/mol. The lowest BCUT2D eigenvalue weighted by Crippen LogP contribution is -2.31. The minimum absolute atomic E-state index is 0.00740. The maximum absolute atomic E-state index is 13.7. The van der Waals surface area contributed by atoms with Gasteiger partial charge in [0, 0.05) is 15.5 Å². The molecule has 5 rings (SSSR count). The van der Waals surface area contributed by atoms with Crippen LogP contribution in [0.1, 0.15) is 33.3 Å². The van der Waals surface area contributed by atoms with Gasteiger partial charge in [0.1, 0.15) is 5.58 Å². The Labute approximate surface area is 199 Å². The van der Waals surface area contributed by atoms with Crippen molar-refractivity contribution in [3.63, 3.8) is 0 Å². The predicted molar refractivity (Wildman–Crippen MR) is 130 cm³/mol. The number of amides is 1. The van der Waals surface area contributed by atoms with Gasteiger partial charge in [-0.3, -0.25) is 14.5 Å². The number of hydrogen-bond donors (Lipinski definition) is 1. The van der Waals surface area contributed by atoms with Gasteiger partial charge in [0.15, 0.2) is 11.5 Å². The van der Waals surface area contributed by atoms with Gasteiger partial charge in [-0.1, -0.05) is 57.9 Å². The Bertz CT molecular complexity index is 1450. The second kappa shape index (κ2) is 8.05. The van der Waals surface area contributed by atoms with Crippen LogP contribution in [0.25, 0.3) is 11.0 Å². The number of carbonyl (C=O) groups excluding carboxylic acids is 2. The summed E-state index contributed by atoms with van der Waals surface area (Å²) in [6, 6.07) is 21.3. The molecule has 1 amide bonds. The molecule has 2 heterocycles. The van der Waals surface area contributed by atoms with Crippen molar-refractivity contribution in [2.75, 3.05) is 4.90 Å². The number of aliphatic hydroxyl groups is 1. The normalized spacial score (nSPS) is 16.2. The zero-order valence-corrected chi connectivity index (χ0v) is 19.6. The van der Waals surface area contributed by atoms with Gasteiger partial charge in [0.05, 0.1) is 11.6 Å². The van der Waals surface area contributed by atoms with E-state index in [0.29, 0.717) is 11.3 Å². The van der Waals surface area contributed by atoms with E-state index in [1.807, 2.05) is 74.5 Å². The minimum atomic E-state index is -0.783. The number of carbonyl (C=O) groups is 2. The Morgan fingerprint density at radius 3 is 2.45 bits per heavy atom. The lowest BCUT2D eigenvalue weighted by molar-refractivity contribution is -0.117. The summed E-state index contributed by atoms with van der Waals surface area (Å²) in [5.74, 6) is -1.62. The molecular formula is C27H20BrNO4. The minimum Gasteiger partial charge on any atom is -0.503 e. The molecule has 0 saturated heterocycles. The first-order valence-electron chi connectivity index (χ1n) is 10.5. The van der Waals surface area contributed by atoms with Crippen LogP contribution in [0.15, 0.2) is 93.0 Å². The molecule has 33 heavy (non-hydrogen) atoms. The third-order valence-corrected chi connectivity index (χ3v) is 6.44. The number of benzene rings is 3. The van der Waals surface area contributed by atoms with Crippen LogP contribution in [0.2, 0.25) is 0 Å². The number of hydrogen-bond acceptors (Lipinski definition) is 4. The van der Waals surface area contributed by atoms with Crippen molar-refractivity contribution in [2.24, 2.45) is 0 Å². The molecule has 1 atom stereocenters. The summed E-state index contributed by atoms with van der Waals surface area (Å²) in [6.07, 6.45) is 0. The summed E-state index contributed by atoms with van der Waals surface area (Å²) in [6.45, 7) is 3.88. The number of fused-ring (bicyclic) bond motifs is 1. The van der Waals surface area contributed by atoms with Gasteiger partial charge in [0.25, 0.3) is 5.91 Å². The highest BCUT2D eigenvalue weighted by Gasteiger charge is 2.45. The molecule has 1 aliphatic rings. The fourth-order valence-electron chi connectivity index (χ4n) is 4.26. The summed E-state index contributed by atoms with van der Waals surface area (Å²) >= 11 is 3.42. The number of aryl methyl sites for hydroxylation is 2. The van der Waals surface area contributed by atoms with Crippen LogP contribution in [0.4, 0.5) is 5.69 Å². The van der Waals surface area contributed by atoms with Crippen molar-refractivity contribution in [3.05, 3.63) is 111 Å². The van der Waals surface area contributed by atoms with Gasteiger partial charge >= 0.3 is 0 Å². The SMILES string of the molecule is Cc1ccc(N2C(=O)C(O)=C(C(=O)c3cc4cc(Br)ccc4o3)C2c2ccccc2C)cc1. The number of nitrogens with zero attached hydrogens (tertiary/aromatic N) is 1. The van der Waals surface area contributed by atoms with Crippen LogP contribution in [0.3, 0.4) is 0 Å². The van der Waals surface area contributed by atoms with Crippen molar-refractivity contribution in [2.45, 2.75) is 19.9 Å². The molecule has 3 aromatic carbocycles. The Morgan fingerprint density at radius 1 is 1.00 bits per heavy atom. The zero-order chi connectivity index (χ0) is 23.3. The molecule has 5 nitrogen and oxygen atoms in total. The number of Topliss-reactive ketones (excluding diaryl/α,β-unsaturated/α-hetero) is 1. The third kappa shape index (κ3) is 3.56. The second-order valence-electron chi connectivity index (χ2n) is 8.15. The Balaban J connectivity index is 1.67. The fraction of sp³-hybridized carbons (Fsp3) is 0.111. The average Bonchev–Trinajstić information content (AvgIpc) is 3.33. The summed E-state index contributed by atoms with van der Waals surface area (Å²) < 4.78 is 6.66. The van der Waals surface area contributed by atoms with Gasteiger partial charge in [-0.25, -0.2) is 0 Å². The summed E-state index contributed by atoms with van der Waals surface area (Å²) in [4.78, 5) is 28.4. The number of aliphatic hydroxyl groups excluding tert-OH is 1. The fourth-order valence-corrected chi connectivity index (χ4v) is 4.63. The van der Waals surface area contributed by atoms with Gasteiger partial charge < -0.3 is 9.52 Å². The molecule has 0 fully saturated rings. The molecule has 0 spiro atoms. The third-order valence-electron chi connectivity index (χ3n) is 5.95. The highest BCUT2D eigenvalue weighted by atomic mass is 79.9. The van der Waals surface area contributed by atoms with E-state index < -0.39 is 23.5 Å². The van der Waals surface area contributed by atoms with Crippen LogP contribution < -0.4 is 4.90 Å². The van der Waals surface area contributed by atoms with Gasteiger partial charge in [0.2, 0.25) is 5.78 Å². The van der Waals surface area contributed by atoms with Crippen molar-refractivity contribution in [3.8, 4) is 0 Å². The van der Waals surface area contributed by atoms with Gasteiger partial charge in [-0.2, -0.15) is 0 Å². The van der Waals surface area contributed by atoms with Crippen molar-refractivity contribution < 1.29 is 19.1 Å². The van der Waals surface area contributed by atoms with Crippen LogP contribution in [0, 0.1) is 13.8 Å². The summed E-state index contributed by atoms with van der Waals surface area (Å²) in [5, 5.41) is 11.7. The number of anilines is 1. The van der Waals surface area contributed by atoms with Crippen molar-refractivity contribution >= 4 is 44.3 Å². The molecule has 6 heteroatoms. The summed E-state index contributed by atoms with van der Waals surface area (Å²) in [7, 11) is 0. The largest absolute Gasteiger partial charge is 0.503 e. The Morgan fingerprint density at radius 2 is 1.73 bits per heavy atom. The first-order valence-corrected chi connectivity index (χ1v) is 11.3. The van der Waals surface area contributed by atoms with Gasteiger partial charge in [-0.05, 0) is 61.4 Å². The molecular weight excluding hydrogens is 482 g/mol. The quantitative estimate of drug-likeness (QED) is 0.320. The smallest absolute Gasteiger partial charge is 0.294 e. The Kier molecular flexibility index (Phi) is 5.17. The van der Waals surface area contributed by atoms with E-state index in [2.05, 4.69) is 15.9 Å². The monoisotopic (exact) mass is 501 g/mol. The molecule has 0 bridgehead atoms. The highest BCUT2D eigenvalue weighted by molar-refractivity contribution is 9.10. The number of rotatable bonds is 4. The van der Waals surface area contributed by atoms with Crippen molar-refractivity contribution in [1.82, 2.24) is 0 Å². The molecule has 1 unspecified atom stereocenters. The number of halogens is 1. The number of furan rings is 1.